The van der Waals surface area contributed by atoms with Gasteiger partial charge in [0.25, 0.3) is 5.91 Å². The maximum Gasteiger partial charge on any atom is 0.257 e. The van der Waals surface area contributed by atoms with Crippen molar-refractivity contribution in [3.63, 3.8) is 0 Å². The van der Waals surface area contributed by atoms with Crippen molar-refractivity contribution in [3.8, 4) is 17.4 Å². The van der Waals surface area contributed by atoms with Gasteiger partial charge in [-0.05, 0) is 38.5 Å². The van der Waals surface area contributed by atoms with Crippen LogP contribution in [0.5, 0.6) is 17.4 Å². The second kappa shape index (κ2) is 8.07. The van der Waals surface area contributed by atoms with Gasteiger partial charge in [0.2, 0.25) is 5.88 Å². The fourth-order valence-electron chi connectivity index (χ4n) is 2.17. The summed E-state index contributed by atoms with van der Waals surface area (Å²) in [4.78, 5) is 16.6. The van der Waals surface area contributed by atoms with Crippen molar-refractivity contribution < 1.29 is 19.0 Å². The van der Waals surface area contributed by atoms with E-state index in [0.717, 1.165) is 5.56 Å². The second-order valence-corrected chi connectivity index (χ2v) is 6.06. The molecule has 1 heterocycles. The van der Waals surface area contributed by atoms with Crippen LogP contribution in [0.25, 0.3) is 0 Å². The number of nitrogens with one attached hydrogen (secondary N) is 1. The number of hydrogen-bond donors (Lipinski definition) is 1. The highest BCUT2D eigenvalue weighted by molar-refractivity contribution is 6.32. The molecule has 7 heteroatoms. The minimum absolute atomic E-state index is 0.0564. The highest BCUT2D eigenvalue weighted by atomic mass is 35.5. The summed E-state index contributed by atoms with van der Waals surface area (Å²) in [6, 6.07) is 5.02. The van der Waals surface area contributed by atoms with Crippen LogP contribution in [0.15, 0.2) is 24.4 Å². The lowest BCUT2D eigenvalue weighted by Crippen LogP contribution is -2.14. The summed E-state index contributed by atoms with van der Waals surface area (Å²) in [7, 11) is 3.10. The molecule has 0 spiro atoms. The summed E-state index contributed by atoms with van der Waals surface area (Å²) in [6.45, 7) is 5.61. The summed E-state index contributed by atoms with van der Waals surface area (Å²) >= 11 is 6.14. The summed E-state index contributed by atoms with van der Waals surface area (Å²) in [6.07, 6.45) is 1.37. The number of nitrogens with zero attached hydrogens (tertiary/aromatic N) is 1. The van der Waals surface area contributed by atoms with Gasteiger partial charge in [-0.15, -0.1) is 0 Å². The predicted molar refractivity (Wildman–Crippen MR) is 97.2 cm³/mol. The van der Waals surface area contributed by atoms with E-state index in [1.54, 1.807) is 19.2 Å². The van der Waals surface area contributed by atoms with Crippen LogP contribution in [0.1, 0.15) is 29.8 Å². The molecule has 0 atom stereocenters. The third-order valence-corrected chi connectivity index (χ3v) is 3.67. The Labute approximate surface area is 152 Å². The number of hydrogen-bond acceptors (Lipinski definition) is 5. The van der Waals surface area contributed by atoms with Crippen molar-refractivity contribution in [2.45, 2.75) is 26.9 Å². The maximum absolute atomic E-state index is 12.5. The molecule has 0 bridgehead atoms. The van der Waals surface area contributed by atoms with E-state index >= 15 is 0 Å². The number of pyridine rings is 1. The van der Waals surface area contributed by atoms with E-state index in [-0.39, 0.29) is 17.0 Å². The molecule has 0 fully saturated rings. The van der Waals surface area contributed by atoms with Crippen LogP contribution >= 0.6 is 11.6 Å². The van der Waals surface area contributed by atoms with E-state index in [1.807, 2.05) is 20.8 Å². The van der Waals surface area contributed by atoms with E-state index in [0.29, 0.717) is 28.6 Å². The summed E-state index contributed by atoms with van der Waals surface area (Å²) in [5.41, 5.74) is 1.78. The minimum Gasteiger partial charge on any atom is -0.493 e. The van der Waals surface area contributed by atoms with Crippen molar-refractivity contribution in [1.29, 1.82) is 0 Å². The molecule has 6 nitrogen and oxygen atoms in total. The van der Waals surface area contributed by atoms with Crippen LogP contribution in [-0.4, -0.2) is 31.2 Å². The molecular formula is C18H21ClN2O4. The van der Waals surface area contributed by atoms with Gasteiger partial charge in [0, 0.05) is 18.0 Å². The standard InChI is InChI=1S/C18H21ClN2O4/c1-10(2)25-18-13(19)7-12(9-20-18)17(22)21-14-8-16(24-5)15(23-4)6-11(14)3/h6-10H,1-5H3,(H,21,22). The van der Waals surface area contributed by atoms with E-state index in [9.17, 15) is 4.79 Å². The second-order valence-electron chi connectivity index (χ2n) is 5.65. The first-order valence-electron chi connectivity index (χ1n) is 7.71. The van der Waals surface area contributed by atoms with Gasteiger partial charge in [-0.3, -0.25) is 4.79 Å². The van der Waals surface area contributed by atoms with Crippen LogP contribution < -0.4 is 19.5 Å². The van der Waals surface area contributed by atoms with Crippen molar-refractivity contribution in [2.24, 2.45) is 0 Å². The van der Waals surface area contributed by atoms with Crippen molar-refractivity contribution in [3.05, 3.63) is 40.5 Å². The van der Waals surface area contributed by atoms with Gasteiger partial charge in [-0.1, -0.05) is 11.6 Å². The Kier molecular flexibility index (Phi) is 6.09. The van der Waals surface area contributed by atoms with Gasteiger partial charge < -0.3 is 19.5 Å². The molecular weight excluding hydrogens is 344 g/mol. The number of ether oxygens (including phenoxy) is 3. The zero-order valence-corrected chi connectivity index (χ0v) is 15.6. The smallest absolute Gasteiger partial charge is 0.257 e. The highest BCUT2D eigenvalue weighted by Gasteiger charge is 2.15. The third-order valence-electron chi connectivity index (χ3n) is 3.40. The summed E-state index contributed by atoms with van der Waals surface area (Å²) in [5, 5.41) is 3.11. The first-order valence-corrected chi connectivity index (χ1v) is 8.09. The molecule has 0 aliphatic rings. The summed E-state index contributed by atoms with van der Waals surface area (Å²) in [5.74, 6) is 1.09. The fourth-order valence-corrected chi connectivity index (χ4v) is 2.38. The molecule has 0 saturated carbocycles. The van der Waals surface area contributed by atoms with Gasteiger partial charge in [-0.25, -0.2) is 4.98 Å². The van der Waals surface area contributed by atoms with Gasteiger partial charge in [0.15, 0.2) is 11.5 Å². The number of amides is 1. The normalized spacial score (nSPS) is 10.5. The lowest BCUT2D eigenvalue weighted by molar-refractivity contribution is 0.102. The van der Waals surface area contributed by atoms with Gasteiger partial charge >= 0.3 is 0 Å². The third kappa shape index (κ3) is 4.54. The molecule has 1 amide bonds. The number of halogens is 1. The van der Waals surface area contributed by atoms with Crippen molar-refractivity contribution >= 4 is 23.2 Å². The largest absolute Gasteiger partial charge is 0.493 e. The van der Waals surface area contributed by atoms with Crippen LogP contribution in [0.3, 0.4) is 0 Å². The quantitative estimate of drug-likeness (QED) is 0.835. The molecule has 0 radical (unpaired) electrons. The first-order chi connectivity index (χ1) is 11.8. The number of rotatable bonds is 6. The number of methoxy groups -OCH3 is 2. The fraction of sp³-hybridized carbons (Fsp3) is 0.333. The average molecular weight is 365 g/mol. The Hall–Kier alpha value is -2.47. The molecule has 0 unspecified atom stereocenters. The number of carbonyl (C=O) groups is 1. The molecule has 1 aromatic heterocycles. The Balaban J connectivity index is 2.24. The van der Waals surface area contributed by atoms with Gasteiger partial charge in [0.1, 0.15) is 5.02 Å². The van der Waals surface area contributed by atoms with Crippen LogP contribution in [0, 0.1) is 6.92 Å². The number of aromatic nitrogens is 1. The lowest BCUT2D eigenvalue weighted by atomic mass is 10.1. The summed E-state index contributed by atoms with van der Waals surface area (Å²) < 4.78 is 16.0. The van der Waals surface area contributed by atoms with E-state index < -0.39 is 0 Å². The Morgan fingerprint density at radius 2 is 1.80 bits per heavy atom. The zero-order chi connectivity index (χ0) is 18.6. The van der Waals surface area contributed by atoms with Crippen LogP contribution in [0.2, 0.25) is 5.02 Å². The number of carbonyl (C=O) groups excluding carboxylic acids is 1. The molecule has 25 heavy (non-hydrogen) atoms. The topological polar surface area (TPSA) is 69.7 Å². The van der Waals surface area contributed by atoms with Crippen molar-refractivity contribution in [1.82, 2.24) is 4.98 Å². The number of anilines is 1. The highest BCUT2D eigenvalue weighted by Crippen LogP contribution is 2.33. The molecule has 2 aromatic rings. The molecule has 134 valence electrons. The number of aryl methyl sites for hydroxylation is 1. The number of benzene rings is 1. The monoisotopic (exact) mass is 364 g/mol. The van der Waals surface area contributed by atoms with E-state index in [1.165, 1.54) is 19.4 Å². The first kappa shape index (κ1) is 18.9. The van der Waals surface area contributed by atoms with E-state index in [4.69, 9.17) is 25.8 Å². The lowest BCUT2D eigenvalue weighted by Gasteiger charge is -2.14. The van der Waals surface area contributed by atoms with Crippen molar-refractivity contribution in [2.75, 3.05) is 19.5 Å². The molecule has 2 rings (SSSR count). The Morgan fingerprint density at radius 1 is 1.16 bits per heavy atom. The van der Waals surface area contributed by atoms with Gasteiger partial charge in [0.05, 0.1) is 25.9 Å². The van der Waals surface area contributed by atoms with Gasteiger partial charge in [-0.2, -0.15) is 0 Å². The Bertz CT molecular complexity index is 778. The Morgan fingerprint density at radius 3 is 2.36 bits per heavy atom. The zero-order valence-electron chi connectivity index (χ0n) is 14.8. The minimum atomic E-state index is -0.333. The molecule has 1 aromatic carbocycles. The molecule has 0 saturated heterocycles. The molecule has 1 N–H and O–H groups in total. The maximum atomic E-state index is 12.5. The SMILES string of the molecule is COc1cc(C)c(NC(=O)c2cnc(OC(C)C)c(Cl)c2)cc1OC. The van der Waals surface area contributed by atoms with Crippen LogP contribution in [-0.2, 0) is 0 Å². The molecule has 0 aliphatic carbocycles. The molecule has 0 aliphatic heterocycles. The predicted octanol–water partition coefficient (Wildman–Crippen LogP) is 4.10. The van der Waals surface area contributed by atoms with E-state index in [2.05, 4.69) is 10.3 Å². The average Bonchev–Trinajstić information content (AvgIpc) is 2.57. The van der Waals surface area contributed by atoms with Crippen LogP contribution in [0.4, 0.5) is 5.69 Å².